The van der Waals surface area contributed by atoms with Crippen molar-refractivity contribution in [1.82, 2.24) is 10.6 Å². The summed E-state index contributed by atoms with van der Waals surface area (Å²) in [7, 11) is 0. The summed E-state index contributed by atoms with van der Waals surface area (Å²) in [6, 6.07) is 0. The van der Waals surface area contributed by atoms with Crippen molar-refractivity contribution in [3.8, 4) is 0 Å². The van der Waals surface area contributed by atoms with E-state index in [4.69, 9.17) is 0 Å². The predicted molar refractivity (Wildman–Crippen MR) is 123 cm³/mol. The molecule has 9 aliphatic rings. The van der Waals surface area contributed by atoms with E-state index >= 15 is 0 Å². The van der Waals surface area contributed by atoms with Crippen molar-refractivity contribution in [2.24, 2.45) is 46.3 Å². The molecule has 4 nitrogen and oxygen atoms in total. The Morgan fingerprint density at radius 1 is 0.562 bits per heavy atom. The van der Waals surface area contributed by atoms with Gasteiger partial charge in [0.15, 0.2) is 0 Å². The van der Waals surface area contributed by atoms with Crippen LogP contribution in [-0.2, 0) is 9.59 Å². The smallest absolute Gasteiger partial charge is 0.230 e. The summed E-state index contributed by atoms with van der Waals surface area (Å²) in [5.74, 6) is 5.32. The zero-order chi connectivity index (χ0) is 21.5. The van der Waals surface area contributed by atoms with Gasteiger partial charge in [0.05, 0.1) is 10.8 Å². The van der Waals surface area contributed by atoms with E-state index in [9.17, 15) is 9.59 Å². The largest absolute Gasteiger partial charge is 0.329 e. The fourth-order valence-electron chi connectivity index (χ4n) is 10.2. The molecule has 0 radical (unpaired) electrons. The number of carbonyl (C=O) groups excluding carboxylic acids is 2. The van der Waals surface area contributed by atoms with Crippen molar-refractivity contribution in [2.75, 3.05) is 0 Å². The lowest BCUT2D eigenvalue weighted by Crippen LogP contribution is -2.53. The highest BCUT2D eigenvalue weighted by atomic mass is 16.2. The third-order valence-electron chi connectivity index (χ3n) is 10.7. The summed E-state index contributed by atoms with van der Waals surface area (Å²) in [6.07, 6.45) is 20.6. The summed E-state index contributed by atoms with van der Waals surface area (Å²) in [5.41, 5.74) is 1.90. The maximum atomic E-state index is 13.3. The maximum Gasteiger partial charge on any atom is 0.230 e. The molecule has 0 aliphatic heterocycles. The van der Waals surface area contributed by atoms with Gasteiger partial charge in [-0.1, -0.05) is 12.2 Å². The number of amides is 2. The predicted octanol–water partition coefficient (Wildman–Crippen LogP) is 5.21. The molecule has 0 aromatic rings. The molecule has 0 atom stereocenters. The minimum atomic E-state index is -0.0910. The Kier molecular flexibility index (Phi) is 4.32. The molecule has 8 bridgehead atoms. The summed E-state index contributed by atoms with van der Waals surface area (Å²) >= 11 is 0. The lowest BCUT2D eigenvalue weighted by atomic mass is 9.49. The molecule has 9 rings (SSSR count). The molecule has 32 heavy (non-hydrogen) atoms. The van der Waals surface area contributed by atoms with Crippen LogP contribution < -0.4 is 10.6 Å². The molecule has 0 unspecified atom stereocenters. The van der Waals surface area contributed by atoms with E-state index in [2.05, 4.69) is 22.8 Å². The number of carbonyl (C=O) groups is 2. The van der Waals surface area contributed by atoms with E-state index in [1.807, 2.05) is 0 Å². The van der Waals surface area contributed by atoms with Crippen LogP contribution in [-0.4, -0.2) is 11.8 Å². The minimum Gasteiger partial charge on any atom is -0.329 e. The highest BCUT2D eigenvalue weighted by molar-refractivity contribution is 5.86. The van der Waals surface area contributed by atoms with Gasteiger partial charge in [-0.2, -0.15) is 0 Å². The molecule has 0 aromatic carbocycles. The van der Waals surface area contributed by atoms with Gasteiger partial charge in [-0.05, 0) is 113 Å². The van der Waals surface area contributed by atoms with Crippen LogP contribution in [0.1, 0.15) is 89.9 Å². The Morgan fingerprint density at radius 2 is 0.844 bits per heavy atom. The zero-order valence-electron chi connectivity index (χ0n) is 19.3. The van der Waals surface area contributed by atoms with E-state index < -0.39 is 0 Å². The van der Waals surface area contributed by atoms with Gasteiger partial charge in [0, 0.05) is 24.2 Å². The molecule has 0 spiro atoms. The molecule has 2 N–H and O–H groups in total. The lowest BCUT2D eigenvalue weighted by molar-refractivity contribution is -0.146. The van der Waals surface area contributed by atoms with Crippen LogP contribution in [0.5, 0.6) is 0 Å². The fraction of sp³-hybridized carbons (Fsp3) is 0.786. The Balaban J connectivity index is 0.973. The van der Waals surface area contributed by atoms with Gasteiger partial charge in [-0.15, -0.1) is 0 Å². The molecular formula is C28H38N2O2. The van der Waals surface area contributed by atoms with Crippen molar-refractivity contribution < 1.29 is 9.59 Å². The molecule has 2 amide bonds. The first-order valence-corrected chi connectivity index (χ1v) is 13.5. The Labute approximate surface area is 192 Å². The van der Waals surface area contributed by atoms with Crippen molar-refractivity contribution in [3.05, 3.63) is 23.5 Å². The van der Waals surface area contributed by atoms with Crippen LogP contribution in [0.4, 0.5) is 0 Å². The molecule has 0 aromatic heterocycles. The zero-order valence-corrected chi connectivity index (χ0v) is 19.3. The topological polar surface area (TPSA) is 58.2 Å². The monoisotopic (exact) mass is 434 g/mol. The maximum absolute atomic E-state index is 13.3. The van der Waals surface area contributed by atoms with Gasteiger partial charge >= 0.3 is 0 Å². The average Bonchev–Trinajstić information content (AvgIpc) is 2.73. The summed E-state index contributed by atoms with van der Waals surface area (Å²) in [5, 5.41) is 6.65. The Hall–Kier alpha value is -1.58. The average molecular weight is 435 g/mol. The number of hydrogen-bond donors (Lipinski definition) is 2. The molecule has 0 saturated heterocycles. The van der Waals surface area contributed by atoms with Crippen LogP contribution in [0, 0.1) is 46.3 Å². The van der Waals surface area contributed by atoms with E-state index in [0.29, 0.717) is 0 Å². The minimum absolute atomic E-state index is 0.0910. The van der Waals surface area contributed by atoms with Gasteiger partial charge in [-0.3, -0.25) is 9.59 Å². The molecule has 172 valence electrons. The molecule has 4 heteroatoms. The molecule has 0 heterocycles. The van der Waals surface area contributed by atoms with E-state index in [1.54, 1.807) is 0 Å². The van der Waals surface area contributed by atoms with Gasteiger partial charge < -0.3 is 10.6 Å². The molecular weight excluding hydrogens is 396 g/mol. The second kappa shape index (κ2) is 6.96. The highest BCUT2D eigenvalue weighted by Crippen LogP contribution is 2.61. The van der Waals surface area contributed by atoms with Crippen molar-refractivity contribution >= 4 is 11.8 Å². The van der Waals surface area contributed by atoms with Crippen LogP contribution >= 0.6 is 0 Å². The van der Waals surface area contributed by atoms with Crippen LogP contribution in [0.2, 0.25) is 0 Å². The summed E-state index contributed by atoms with van der Waals surface area (Å²) in [4.78, 5) is 26.7. The van der Waals surface area contributed by atoms with Crippen LogP contribution in [0.25, 0.3) is 0 Å². The van der Waals surface area contributed by atoms with E-state index in [-0.39, 0.29) is 22.6 Å². The van der Waals surface area contributed by atoms with Crippen molar-refractivity contribution in [1.29, 1.82) is 0 Å². The first kappa shape index (κ1) is 19.9. The number of allylic oxidation sites excluding steroid dienone is 2. The third kappa shape index (κ3) is 3.15. The normalized spacial score (nSPS) is 47.8. The van der Waals surface area contributed by atoms with E-state index in [1.165, 1.54) is 38.5 Å². The van der Waals surface area contributed by atoms with Gasteiger partial charge in [0.25, 0.3) is 0 Å². The SMILES string of the molecule is O=C(NC1=CCC(NC(=O)C23CC4CC(CC(C4)C2)C3)=CC1)C12CC3CC(CC(C3)C1)C2. The molecule has 9 aliphatic carbocycles. The van der Waals surface area contributed by atoms with Crippen molar-refractivity contribution in [2.45, 2.75) is 89.9 Å². The van der Waals surface area contributed by atoms with Crippen LogP contribution in [0.3, 0.4) is 0 Å². The quantitative estimate of drug-likeness (QED) is 0.638. The van der Waals surface area contributed by atoms with Crippen molar-refractivity contribution in [3.63, 3.8) is 0 Å². The Bertz CT molecular complexity index is 768. The van der Waals surface area contributed by atoms with Crippen LogP contribution in [0.15, 0.2) is 23.5 Å². The second-order valence-corrected chi connectivity index (χ2v) is 13.2. The standard InChI is InChI=1S/C28H38N2O2/c31-25(27-11-17-5-18(12-27)7-19(6-17)13-27)29-23-1-2-24(4-3-23)30-26(32)28-14-20-8-21(15-28)10-22(9-20)16-28/h1,4,17-22H,2-3,5-16H2,(H,29,31)(H,30,32). The van der Waals surface area contributed by atoms with Gasteiger partial charge in [0.1, 0.15) is 0 Å². The molecule has 8 saturated carbocycles. The lowest BCUT2D eigenvalue weighted by Gasteiger charge is -2.55. The summed E-state index contributed by atoms with van der Waals surface area (Å²) in [6.45, 7) is 0. The number of hydrogen-bond acceptors (Lipinski definition) is 2. The van der Waals surface area contributed by atoms with Gasteiger partial charge in [0.2, 0.25) is 11.8 Å². The van der Waals surface area contributed by atoms with E-state index in [0.717, 1.165) is 98.3 Å². The fourth-order valence-corrected chi connectivity index (χ4v) is 10.2. The highest BCUT2D eigenvalue weighted by Gasteiger charge is 2.55. The second-order valence-electron chi connectivity index (χ2n) is 13.2. The first-order chi connectivity index (χ1) is 15.5. The molecule has 8 fully saturated rings. The first-order valence-electron chi connectivity index (χ1n) is 13.5. The van der Waals surface area contributed by atoms with Gasteiger partial charge in [-0.25, -0.2) is 0 Å². The Morgan fingerprint density at radius 3 is 1.09 bits per heavy atom. The third-order valence-corrected chi connectivity index (χ3v) is 10.7. The number of nitrogens with one attached hydrogen (secondary N) is 2. The summed E-state index contributed by atoms with van der Waals surface area (Å²) < 4.78 is 0. The number of rotatable bonds is 4.